The second-order valence-corrected chi connectivity index (χ2v) is 14.4. The number of methoxy groups -OCH3 is 1. The molecule has 0 fully saturated rings. The van der Waals surface area contributed by atoms with Crippen LogP contribution in [0.25, 0.3) is 16.9 Å². The molecule has 13 nitrogen and oxygen atoms in total. The Bertz CT molecular complexity index is 2290. The molecule has 0 saturated heterocycles. The highest BCUT2D eigenvalue weighted by Crippen LogP contribution is 2.35. The molecule has 0 radical (unpaired) electrons. The molecule has 14 heteroatoms. The fraction of sp³-hybridized carbons (Fsp3) is 0.342. The molecular weight excluding hydrogens is 661 g/mol. The summed E-state index contributed by atoms with van der Waals surface area (Å²) in [4.78, 5) is 27.1. The highest BCUT2D eigenvalue weighted by molar-refractivity contribution is 5.96. The molecule has 0 aliphatic carbocycles. The van der Waals surface area contributed by atoms with E-state index in [0.29, 0.717) is 54.8 Å². The first-order valence-electron chi connectivity index (χ1n) is 17.4. The van der Waals surface area contributed by atoms with Gasteiger partial charge in [0.05, 0.1) is 48.7 Å². The molecule has 2 aromatic carbocycles. The Hall–Kier alpha value is -5.92. The molecule has 4 aromatic heterocycles. The van der Waals surface area contributed by atoms with Crippen LogP contribution in [0.15, 0.2) is 67.1 Å². The maximum Gasteiger partial charge on any atom is 0.318 e. The van der Waals surface area contributed by atoms with Gasteiger partial charge < -0.3 is 14.5 Å². The van der Waals surface area contributed by atoms with Crippen molar-refractivity contribution in [3.63, 3.8) is 0 Å². The second kappa shape index (κ2) is 13.0. The SMILES string of the molecule is COc1nccc(N(C)c2ccc(C)c(-c3cn(Cc4nn5c(c4C(=O)N4Cc6cnn(-c7ccc(F)cc7)c6CC(C)(C)C4)CCC5)nn3)c2)n1. The molecule has 2 aliphatic heterocycles. The molecule has 52 heavy (non-hydrogen) atoms. The molecule has 1 amide bonds. The Labute approximate surface area is 300 Å². The summed E-state index contributed by atoms with van der Waals surface area (Å²) in [7, 11) is 3.48. The lowest BCUT2D eigenvalue weighted by Crippen LogP contribution is -2.38. The predicted octanol–water partition coefficient (Wildman–Crippen LogP) is 5.56. The lowest BCUT2D eigenvalue weighted by atomic mass is 9.87. The zero-order valence-electron chi connectivity index (χ0n) is 29.9. The van der Waals surface area contributed by atoms with E-state index >= 15 is 0 Å². The maximum atomic E-state index is 14.7. The van der Waals surface area contributed by atoms with E-state index in [-0.39, 0.29) is 17.1 Å². The first-order valence-corrected chi connectivity index (χ1v) is 17.4. The normalized spacial score (nSPS) is 14.9. The molecule has 0 atom stereocenters. The van der Waals surface area contributed by atoms with Crippen molar-refractivity contribution in [2.75, 3.05) is 25.6 Å². The van der Waals surface area contributed by atoms with Gasteiger partial charge >= 0.3 is 6.01 Å². The van der Waals surface area contributed by atoms with E-state index in [9.17, 15) is 9.18 Å². The average Bonchev–Trinajstić information content (AvgIpc) is 3.92. The Morgan fingerprint density at radius 2 is 1.92 bits per heavy atom. The Kier molecular flexibility index (Phi) is 8.31. The summed E-state index contributed by atoms with van der Waals surface area (Å²) in [6, 6.07) is 14.6. The van der Waals surface area contributed by atoms with Gasteiger partial charge in [-0.1, -0.05) is 25.1 Å². The average molecular weight is 702 g/mol. The van der Waals surface area contributed by atoms with Crippen LogP contribution in [0.2, 0.25) is 0 Å². The molecule has 2 aliphatic rings. The number of carbonyl (C=O) groups excluding carboxylic acids is 1. The van der Waals surface area contributed by atoms with Gasteiger partial charge in [0, 0.05) is 55.4 Å². The van der Waals surface area contributed by atoms with Crippen LogP contribution in [-0.4, -0.2) is 76.0 Å². The Balaban J connectivity index is 1.07. The van der Waals surface area contributed by atoms with Gasteiger partial charge in [-0.2, -0.15) is 15.2 Å². The van der Waals surface area contributed by atoms with E-state index in [2.05, 4.69) is 45.3 Å². The van der Waals surface area contributed by atoms with Crippen LogP contribution in [0.4, 0.5) is 15.9 Å². The number of ether oxygens (including phenoxy) is 1. The summed E-state index contributed by atoms with van der Waals surface area (Å²) < 4.78 is 24.5. The zero-order valence-corrected chi connectivity index (χ0v) is 29.9. The van der Waals surface area contributed by atoms with Crippen molar-refractivity contribution in [2.45, 2.75) is 59.7 Å². The summed E-state index contributed by atoms with van der Waals surface area (Å²) in [5.41, 5.74) is 8.49. The largest absolute Gasteiger partial charge is 0.467 e. The number of carbonyl (C=O) groups is 1. The van der Waals surface area contributed by atoms with Crippen molar-refractivity contribution < 1.29 is 13.9 Å². The van der Waals surface area contributed by atoms with E-state index in [4.69, 9.17) is 9.84 Å². The third-order valence-electron chi connectivity index (χ3n) is 9.95. The van der Waals surface area contributed by atoms with E-state index in [0.717, 1.165) is 58.8 Å². The minimum atomic E-state index is -0.292. The molecule has 0 N–H and O–H groups in total. The number of aromatic nitrogens is 9. The molecule has 8 rings (SSSR count). The van der Waals surface area contributed by atoms with Crippen LogP contribution in [0.1, 0.15) is 58.8 Å². The van der Waals surface area contributed by atoms with Gasteiger partial charge in [0.25, 0.3) is 5.91 Å². The highest BCUT2D eigenvalue weighted by Gasteiger charge is 2.36. The van der Waals surface area contributed by atoms with Gasteiger partial charge in [0.2, 0.25) is 0 Å². The topological polar surface area (TPSA) is 125 Å². The van der Waals surface area contributed by atoms with E-state index < -0.39 is 0 Å². The van der Waals surface area contributed by atoms with E-state index in [1.54, 1.807) is 30.1 Å². The molecule has 0 saturated carbocycles. The van der Waals surface area contributed by atoms with Crippen molar-refractivity contribution in [2.24, 2.45) is 5.41 Å². The highest BCUT2D eigenvalue weighted by atomic mass is 19.1. The van der Waals surface area contributed by atoms with Crippen molar-refractivity contribution in [1.29, 1.82) is 0 Å². The molecule has 0 spiro atoms. The summed E-state index contributed by atoms with van der Waals surface area (Å²) >= 11 is 0. The molecule has 6 aromatic rings. The molecular formula is C38H40FN11O2. The minimum absolute atomic E-state index is 0.0399. The summed E-state index contributed by atoms with van der Waals surface area (Å²) in [6.45, 7) is 8.44. The lowest BCUT2D eigenvalue weighted by molar-refractivity contribution is 0.0678. The van der Waals surface area contributed by atoms with Crippen LogP contribution < -0.4 is 9.64 Å². The number of halogens is 1. The Morgan fingerprint density at radius 3 is 2.73 bits per heavy atom. The van der Waals surface area contributed by atoms with Crippen molar-refractivity contribution in [3.8, 4) is 23.0 Å². The minimum Gasteiger partial charge on any atom is -0.467 e. The molecule has 0 unspecified atom stereocenters. The van der Waals surface area contributed by atoms with Crippen molar-refractivity contribution >= 4 is 17.4 Å². The van der Waals surface area contributed by atoms with Crippen LogP contribution in [-0.2, 0) is 32.5 Å². The summed E-state index contributed by atoms with van der Waals surface area (Å²) in [5, 5.41) is 18.7. The zero-order chi connectivity index (χ0) is 36.1. The third kappa shape index (κ3) is 6.18. The third-order valence-corrected chi connectivity index (χ3v) is 9.95. The van der Waals surface area contributed by atoms with Crippen LogP contribution in [0.5, 0.6) is 6.01 Å². The molecule has 6 heterocycles. The summed E-state index contributed by atoms with van der Waals surface area (Å²) in [5.74, 6) is 0.363. The number of fused-ring (bicyclic) bond motifs is 2. The van der Waals surface area contributed by atoms with Gasteiger partial charge in [0.1, 0.15) is 17.3 Å². The quantitative estimate of drug-likeness (QED) is 0.201. The monoisotopic (exact) mass is 701 g/mol. The van der Waals surface area contributed by atoms with Crippen LogP contribution in [0.3, 0.4) is 0 Å². The van der Waals surface area contributed by atoms with Crippen LogP contribution >= 0.6 is 0 Å². The van der Waals surface area contributed by atoms with Gasteiger partial charge in [-0.3, -0.25) is 9.48 Å². The number of anilines is 2. The number of amides is 1. The number of hydrogen-bond acceptors (Lipinski definition) is 9. The van der Waals surface area contributed by atoms with Crippen molar-refractivity contribution in [1.82, 2.24) is 49.4 Å². The van der Waals surface area contributed by atoms with Gasteiger partial charge in [-0.05, 0) is 79.6 Å². The van der Waals surface area contributed by atoms with Gasteiger partial charge in [-0.25, -0.2) is 18.7 Å². The number of hydrogen-bond donors (Lipinski definition) is 0. The first-order chi connectivity index (χ1) is 25.1. The fourth-order valence-corrected chi connectivity index (χ4v) is 7.36. The Morgan fingerprint density at radius 1 is 1.10 bits per heavy atom. The molecule has 266 valence electrons. The smallest absolute Gasteiger partial charge is 0.318 e. The summed E-state index contributed by atoms with van der Waals surface area (Å²) in [6.07, 6.45) is 7.86. The molecule has 0 bridgehead atoms. The number of aryl methyl sites for hydroxylation is 2. The fourth-order valence-electron chi connectivity index (χ4n) is 7.36. The van der Waals surface area contributed by atoms with E-state index in [1.165, 1.54) is 12.1 Å². The lowest BCUT2D eigenvalue weighted by Gasteiger charge is -2.30. The maximum absolute atomic E-state index is 14.7. The first kappa shape index (κ1) is 33.2. The second-order valence-electron chi connectivity index (χ2n) is 14.4. The number of nitrogens with zero attached hydrogens (tertiary/aromatic N) is 11. The van der Waals surface area contributed by atoms with Crippen LogP contribution in [0, 0.1) is 18.2 Å². The number of benzene rings is 2. The van der Waals surface area contributed by atoms with Gasteiger partial charge in [-0.15, -0.1) is 5.10 Å². The van der Waals surface area contributed by atoms with Gasteiger partial charge in [0.15, 0.2) is 0 Å². The van der Waals surface area contributed by atoms with Crippen molar-refractivity contribution in [3.05, 3.63) is 107 Å². The number of rotatable bonds is 8. The standard InChI is InChI=1S/C38H40FN11O2/c1-24-8-11-28(46(4)34-14-15-40-37(42-34)52-5)17-29(24)30-21-48(45-43-30)22-31-35(32-7-6-16-49(32)44-31)36(51)47-20-25-19-41-50(27-12-9-26(39)10-13-27)33(25)18-38(2,3)23-47/h8-15,17,19,21H,6-7,16,18,20,22-23H2,1-5H3. The van der Waals surface area contributed by atoms with E-state index in [1.807, 2.05) is 63.7 Å². The predicted molar refractivity (Wildman–Crippen MR) is 192 cm³/mol.